The van der Waals surface area contributed by atoms with E-state index >= 15 is 0 Å². The Morgan fingerprint density at radius 2 is 1.78 bits per heavy atom. The molecule has 0 aromatic heterocycles. The summed E-state index contributed by atoms with van der Waals surface area (Å²) in [7, 11) is -1.66. The van der Waals surface area contributed by atoms with Gasteiger partial charge in [0, 0.05) is 0 Å². The van der Waals surface area contributed by atoms with Crippen molar-refractivity contribution in [1.29, 1.82) is 0 Å². The zero-order valence-electron chi connectivity index (χ0n) is 16.0. The summed E-state index contributed by atoms with van der Waals surface area (Å²) in [5, 5.41) is 0.262. The minimum atomic E-state index is -1.66. The van der Waals surface area contributed by atoms with Gasteiger partial charge in [0.1, 0.15) is 0 Å². The molecule has 130 valence electrons. The molecule has 1 aromatic carbocycles. The standard InChI is InChI=1S/C20H34O2Si/c1-17(14-21-16-19-11-9-8-10-12-19)13-18(2)15-22-23(6,7)20(3,4)5/h8-13,17H,14-16H2,1-7H3/b18-13+/t17-/m0/s1. The summed E-state index contributed by atoms with van der Waals surface area (Å²) >= 11 is 0. The van der Waals surface area contributed by atoms with Crippen molar-refractivity contribution < 1.29 is 9.16 Å². The SMILES string of the molecule is C/C(=C\[C@H](C)COCc1ccccc1)CO[Si](C)(C)C(C)(C)C. The van der Waals surface area contributed by atoms with E-state index in [-0.39, 0.29) is 5.04 Å². The molecule has 0 spiro atoms. The Balaban J connectivity index is 2.36. The molecular formula is C20H34O2Si. The molecular weight excluding hydrogens is 300 g/mol. The van der Waals surface area contributed by atoms with E-state index in [4.69, 9.17) is 9.16 Å². The van der Waals surface area contributed by atoms with Gasteiger partial charge in [-0.1, -0.05) is 69.7 Å². The van der Waals surface area contributed by atoms with Gasteiger partial charge in [0.25, 0.3) is 0 Å². The summed E-state index contributed by atoms with van der Waals surface area (Å²) in [5.41, 5.74) is 2.52. The number of ether oxygens (including phenoxy) is 1. The minimum Gasteiger partial charge on any atom is -0.413 e. The Labute approximate surface area is 144 Å². The molecule has 1 rings (SSSR count). The van der Waals surface area contributed by atoms with Crippen LogP contribution in [0.1, 0.15) is 40.2 Å². The van der Waals surface area contributed by atoms with Crippen molar-refractivity contribution >= 4 is 8.32 Å². The average molecular weight is 335 g/mol. The maximum absolute atomic E-state index is 6.26. The molecule has 1 aromatic rings. The van der Waals surface area contributed by atoms with Gasteiger partial charge in [0.05, 0.1) is 19.8 Å². The molecule has 0 aliphatic carbocycles. The minimum absolute atomic E-state index is 0.262. The molecule has 0 N–H and O–H groups in total. The van der Waals surface area contributed by atoms with Crippen molar-refractivity contribution in [3.8, 4) is 0 Å². The fraction of sp³-hybridized carbons (Fsp3) is 0.600. The third-order valence-corrected chi connectivity index (χ3v) is 9.01. The molecule has 0 bridgehead atoms. The Hall–Kier alpha value is -0.903. The van der Waals surface area contributed by atoms with Crippen molar-refractivity contribution in [1.82, 2.24) is 0 Å². The lowest BCUT2D eigenvalue weighted by Gasteiger charge is -2.36. The summed E-state index contributed by atoms with van der Waals surface area (Å²) in [4.78, 5) is 0. The van der Waals surface area contributed by atoms with Gasteiger partial charge in [-0.25, -0.2) is 0 Å². The average Bonchev–Trinajstić information content (AvgIpc) is 2.45. The number of hydrogen-bond acceptors (Lipinski definition) is 2. The fourth-order valence-corrected chi connectivity index (χ4v) is 3.05. The molecule has 0 saturated carbocycles. The van der Waals surface area contributed by atoms with E-state index in [1.54, 1.807) is 0 Å². The van der Waals surface area contributed by atoms with Gasteiger partial charge < -0.3 is 9.16 Å². The van der Waals surface area contributed by atoms with Crippen LogP contribution in [0.15, 0.2) is 42.0 Å². The number of benzene rings is 1. The largest absolute Gasteiger partial charge is 0.413 e. The first-order valence-corrected chi connectivity index (χ1v) is 11.5. The van der Waals surface area contributed by atoms with Gasteiger partial charge >= 0.3 is 0 Å². The van der Waals surface area contributed by atoms with Gasteiger partial charge in [0.2, 0.25) is 0 Å². The maximum atomic E-state index is 6.26. The summed E-state index contributed by atoms with van der Waals surface area (Å²) in [6.07, 6.45) is 2.28. The van der Waals surface area contributed by atoms with E-state index in [0.717, 1.165) is 13.2 Å². The third kappa shape index (κ3) is 7.47. The third-order valence-electron chi connectivity index (χ3n) is 4.53. The number of rotatable bonds is 8. The van der Waals surface area contributed by atoms with Gasteiger partial charge in [-0.15, -0.1) is 0 Å². The van der Waals surface area contributed by atoms with Gasteiger partial charge in [-0.3, -0.25) is 0 Å². The van der Waals surface area contributed by atoms with Crippen molar-refractivity contribution in [2.24, 2.45) is 5.92 Å². The number of hydrogen-bond donors (Lipinski definition) is 0. The molecule has 0 radical (unpaired) electrons. The van der Waals surface area contributed by atoms with Crippen LogP contribution in [0.4, 0.5) is 0 Å². The quantitative estimate of drug-likeness (QED) is 0.441. The Bertz CT molecular complexity index is 486. The lowest BCUT2D eigenvalue weighted by atomic mass is 10.1. The van der Waals surface area contributed by atoms with Crippen LogP contribution >= 0.6 is 0 Å². The van der Waals surface area contributed by atoms with E-state index < -0.39 is 8.32 Å². The lowest BCUT2D eigenvalue weighted by molar-refractivity contribution is 0.103. The van der Waals surface area contributed by atoms with Crippen LogP contribution in [0.5, 0.6) is 0 Å². The van der Waals surface area contributed by atoms with Crippen molar-refractivity contribution in [2.75, 3.05) is 13.2 Å². The first-order valence-electron chi connectivity index (χ1n) is 8.55. The van der Waals surface area contributed by atoms with Crippen molar-refractivity contribution in [3.05, 3.63) is 47.5 Å². The molecule has 0 fully saturated rings. The highest BCUT2D eigenvalue weighted by Gasteiger charge is 2.36. The monoisotopic (exact) mass is 334 g/mol. The second-order valence-corrected chi connectivity index (χ2v) is 12.8. The van der Waals surface area contributed by atoms with Crippen LogP contribution in [0.25, 0.3) is 0 Å². The zero-order valence-corrected chi connectivity index (χ0v) is 17.0. The van der Waals surface area contributed by atoms with Gasteiger partial charge in [-0.05, 0) is 36.5 Å². The van der Waals surface area contributed by atoms with Gasteiger partial charge in [0.15, 0.2) is 8.32 Å². The second-order valence-electron chi connectivity index (χ2n) is 8.04. The molecule has 23 heavy (non-hydrogen) atoms. The maximum Gasteiger partial charge on any atom is 0.192 e. The normalized spacial score (nSPS) is 14.8. The van der Waals surface area contributed by atoms with Crippen LogP contribution in [0.3, 0.4) is 0 Å². The second kappa shape index (κ2) is 8.81. The molecule has 0 heterocycles. The first-order chi connectivity index (χ1) is 10.6. The van der Waals surface area contributed by atoms with E-state index in [2.05, 4.69) is 65.9 Å². The fourth-order valence-electron chi connectivity index (χ4n) is 2.03. The lowest BCUT2D eigenvalue weighted by Crippen LogP contribution is -2.41. The Morgan fingerprint density at radius 1 is 1.17 bits per heavy atom. The molecule has 3 heteroatoms. The first kappa shape index (κ1) is 20.1. The van der Waals surface area contributed by atoms with Crippen LogP contribution in [-0.2, 0) is 15.8 Å². The Morgan fingerprint density at radius 3 is 2.35 bits per heavy atom. The topological polar surface area (TPSA) is 18.5 Å². The molecule has 1 atom stereocenters. The van der Waals surface area contributed by atoms with Crippen LogP contribution in [0.2, 0.25) is 18.1 Å². The molecule has 0 aliphatic heterocycles. The zero-order chi connectivity index (χ0) is 17.5. The van der Waals surface area contributed by atoms with Crippen molar-refractivity contribution in [2.45, 2.75) is 59.4 Å². The van der Waals surface area contributed by atoms with E-state index in [0.29, 0.717) is 12.5 Å². The van der Waals surface area contributed by atoms with Crippen LogP contribution in [0, 0.1) is 5.92 Å². The highest BCUT2D eigenvalue weighted by Crippen LogP contribution is 2.36. The summed E-state index contributed by atoms with van der Waals surface area (Å²) in [6, 6.07) is 10.3. The molecule has 0 saturated heterocycles. The summed E-state index contributed by atoms with van der Waals surface area (Å²) in [6.45, 7) is 17.9. The molecule has 0 unspecified atom stereocenters. The van der Waals surface area contributed by atoms with Gasteiger partial charge in [-0.2, -0.15) is 0 Å². The van der Waals surface area contributed by atoms with E-state index in [1.165, 1.54) is 11.1 Å². The van der Waals surface area contributed by atoms with E-state index in [1.807, 2.05) is 18.2 Å². The highest BCUT2D eigenvalue weighted by molar-refractivity contribution is 6.74. The molecule has 0 amide bonds. The van der Waals surface area contributed by atoms with Crippen molar-refractivity contribution in [3.63, 3.8) is 0 Å². The Kier molecular flexibility index (Phi) is 7.72. The smallest absolute Gasteiger partial charge is 0.192 e. The summed E-state index contributed by atoms with van der Waals surface area (Å²) < 4.78 is 12.1. The predicted octanol–water partition coefficient (Wildman–Crippen LogP) is 5.81. The summed E-state index contributed by atoms with van der Waals surface area (Å²) in [5.74, 6) is 0.404. The van der Waals surface area contributed by atoms with Crippen LogP contribution in [-0.4, -0.2) is 21.5 Å². The predicted molar refractivity (Wildman–Crippen MR) is 102 cm³/mol. The molecule has 0 aliphatic rings. The van der Waals surface area contributed by atoms with Crippen LogP contribution < -0.4 is 0 Å². The molecule has 2 nitrogen and oxygen atoms in total. The van der Waals surface area contributed by atoms with E-state index in [9.17, 15) is 0 Å². The highest BCUT2D eigenvalue weighted by atomic mass is 28.4.